The van der Waals surface area contributed by atoms with E-state index in [1.165, 1.54) is 0 Å². The lowest BCUT2D eigenvalue weighted by Crippen LogP contribution is -2.48. The van der Waals surface area contributed by atoms with Crippen LogP contribution in [0.3, 0.4) is 0 Å². The lowest BCUT2D eigenvalue weighted by Gasteiger charge is -2.30. The highest BCUT2D eigenvalue weighted by Gasteiger charge is 2.52. The second-order valence-corrected chi connectivity index (χ2v) is 7.86. The van der Waals surface area contributed by atoms with E-state index >= 15 is 0 Å². The third-order valence-electron chi connectivity index (χ3n) is 6.00. The Morgan fingerprint density at radius 3 is 2.72 bits per heavy atom. The fourth-order valence-corrected chi connectivity index (χ4v) is 4.16. The molecule has 3 heterocycles. The molecule has 0 spiro atoms. The highest BCUT2D eigenvalue weighted by molar-refractivity contribution is 6.28. The number of fused-ring (bicyclic) bond motifs is 3. The molecule has 0 aliphatic carbocycles. The molecule has 6 nitrogen and oxygen atoms in total. The predicted molar refractivity (Wildman–Crippen MR) is 112 cm³/mol. The van der Waals surface area contributed by atoms with Crippen molar-refractivity contribution in [1.82, 2.24) is 4.98 Å². The molecular weight excluding hydrogens is 366 g/mol. The third-order valence-corrected chi connectivity index (χ3v) is 6.00. The van der Waals surface area contributed by atoms with Gasteiger partial charge in [0.05, 0.1) is 17.8 Å². The van der Waals surface area contributed by atoms with Gasteiger partial charge < -0.3 is 15.1 Å². The first-order valence-corrected chi connectivity index (χ1v) is 9.65. The van der Waals surface area contributed by atoms with Crippen molar-refractivity contribution in [3.63, 3.8) is 0 Å². The zero-order valence-electron chi connectivity index (χ0n) is 16.3. The van der Waals surface area contributed by atoms with Crippen LogP contribution in [0.25, 0.3) is 10.9 Å². The zero-order chi connectivity index (χ0) is 20.3. The molecule has 0 amide bonds. The van der Waals surface area contributed by atoms with Crippen LogP contribution < -0.4 is 4.90 Å². The van der Waals surface area contributed by atoms with Gasteiger partial charge in [0, 0.05) is 35.8 Å². The molecule has 2 aromatic carbocycles. The van der Waals surface area contributed by atoms with Crippen molar-refractivity contribution in [2.75, 3.05) is 11.4 Å². The number of carbonyl (C=O) groups is 1. The number of aliphatic hydroxyl groups is 2. The van der Waals surface area contributed by atoms with Crippen LogP contribution in [0.4, 0.5) is 11.4 Å². The van der Waals surface area contributed by atoms with E-state index in [1.807, 2.05) is 55.1 Å². The van der Waals surface area contributed by atoms with E-state index in [4.69, 9.17) is 4.99 Å². The average molecular weight is 387 g/mol. The van der Waals surface area contributed by atoms with Gasteiger partial charge in [-0.05, 0) is 66.9 Å². The number of amidine groups is 1. The van der Waals surface area contributed by atoms with Gasteiger partial charge in [-0.3, -0.25) is 9.78 Å². The summed E-state index contributed by atoms with van der Waals surface area (Å²) in [7, 11) is 0. The SMILES string of the molecule is Cc1cc2c(cc1C)C(=O)[C@]1(O)CCN(c3ccc4ncc(CO)cc4c3)C1=N2. The Morgan fingerprint density at radius 2 is 1.93 bits per heavy atom. The number of aryl methyl sites for hydroxylation is 2. The Kier molecular flexibility index (Phi) is 3.84. The highest BCUT2D eigenvalue weighted by Crippen LogP contribution is 2.40. The van der Waals surface area contributed by atoms with Crippen LogP contribution in [-0.4, -0.2) is 39.0 Å². The number of aliphatic hydroxyl groups excluding tert-OH is 1. The number of aliphatic imine (C=N–C) groups is 1. The lowest BCUT2D eigenvalue weighted by atomic mass is 9.86. The maximum Gasteiger partial charge on any atom is 0.204 e. The Bertz CT molecular complexity index is 1220. The minimum atomic E-state index is -1.60. The minimum absolute atomic E-state index is 0.0760. The standard InChI is InChI=1S/C23H21N3O3/c1-13-7-18-20(8-14(13)2)25-22-23(29,21(18)28)5-6-26(22)17-3-4-19-16(10-17)9-15(12-27)11-24-19/h3-4,7-11,27,29H,5-6,12H2,1-2H3/t23-/m1/s1. The minimum Gasteiger partial charge on any atom is -0.392 e. The number of hydrogen-bond donors (Lipinski definition) is 2. The molecule has 3 aromatic rings. The number of ketones is 1. The summed E-state index contributed by atoms with van der Waals surface area (Å²) in [6.07, 6.45) is 1.95. The molecular formula is C23H21N3O3. The molecule has 1 saturated heterocycles. The molecule has 2 aliphatic rings. The second kappa shape index (κ2) is 6.20. The second-order valence-electron chi connectivity index (χ2n) is 7.86. The summed E-state index contributed by atoms with van der Waals surface area (Å²) in [4.78, 5) is 24.1. The van der Waals surface area contributed by atoms with Crippen molar-refractivity contribution in [3.05, 3.63) is 64.8 Å². The molecule has 146 valence electrons. The van der Waals surface area contributed by atoms with Crippen LogP contribution in [-0.2, 0) is 6.61 Å². The van der Waals surface area contributed by atoms with Gasteiger partial charge in [0.15, 0.2) is 5.60 Å². The summed E-state index contributed by atoms with van der Waals surface area (Å²) in [5, 5.41) is 21.5. The molecule has 1 atom stereocenters. The maximum atomic E-state index is 13.2. The van der Waals surface area contributed by atoms with Gasteiger partial charge in [-0.15, -0.1) is 0 Å². The van der Waals surface area contributed by atoms with Crippen molar-refractivity contribution >= 4 is 33.9 Å². The first kappa shape index (κ1) is 18.0. The molecule has 0 unspecified atom stereocenters. The number of aromatic nitrogens is 1. The van der Waals surface area contributed by atoms with E-state index in [2.05, 4.69) is 4.98 Å². The van der Waals surface area contributed by atoms with Gasteiger partial charge in [-0.2, -0.15) is 0 Å². The number of hydrogen-bond acceptors (Lipinski definition) is 6. The molecule has 0 bridgehead atoms. The fourth-order valence-electron chi connectivity index (χ4n) is 4.16. The Balaban J connectivity index is 1.64. The summed E-state index contributed by atoms with van der Waals surface area (Å²) >= 11 is 0. The van der Waals surface area contributed by atoms with Gasteiger partial charge >= 0.3 is 0 Å². The Hall–Kier alpha value is -3.09. The van der Waals surface area contributed by atoms with E-state index in [0.29, 0.717) is 30.1 Å². The number of nitrogens with zero attached hydrogens (tertiary/aromatic N) is 3. The number of Topliss-reactive ketones (excluding diaryl/α,β-unsaturated/α-hetero) is 1. The van der Waals surface area contributed by atoms with Crippen molar-refractivity contribution in [1.29, 1.82) is 0 Å². The van der Waals surface area contributed by atoms with Crippen LogP contribution in [0.5, 0.6) is 0 Å². The molecule has 6 heteroatoms. The number of benzene rings is 2. The van der Waals surface area contributed by atoms with Crippen molar-refractivity contribution in [2.45, 2.75) is 32.5 Å². The van der Waals surface area contributed by atoms with E-state index in [-0.39, 0.29) is 12.4 Å². The lowest BCUT2D eigenvalue weighted by molar-refractivity contribution is 0.0602. The number of pyridine rings is 1. The Morgan fingerprint density at radius 1 is 1.14 bits per heavy atom. The van der Waals surface area contributed by atoms with Gasteiger partial charge in [-0.25, -0.2) is 4.99 Å². The maximum absolute atomic E-state index is 13.2. The molecule has 2 aliphatic heterocycles. The quantitative estimate of drug-likeness (QED) is 0.705. The van der Waals surface area contributed by atoms with Crippen LogP contribution in [0.2, 0.25) is 0 Å². The summed E-state index contributed by atoms with van der Waals surface area (Å²) in [6, 6.07) is 11.4. The van der Waals surface area contributed by atoms with Crippen LogP contribution in [0.15, 0.2) is 47.6 Å². The van der Waals surface area contributed by atoms with E-state index < -0.39 is 5.60 Å². The van der Waals surface area contributed by atoms with Crippen molar-refractivity contribution in [3.8, 4) is 0 Å². The normalized spacial score (nSPS) is 20.6. The van der Waals surface area contributed by atoms with Gasteiger partial charge in [-0.1, -0.05) is 0 Å². The summed E-state index contributed by atoms with van der Waals surface area (Å²) < 4.78 is 0. The van der Waals surface area contributed by atoms with Gasteiger partial charge in [0.2, 0.25) is 5.78 Å². The largest absolute Gasteiger partial charge is 0.392 e. The summed E-state index contributed by atoms with van der Waals surface area (Å²) in [5.74, 6) is 0.0944. The molecule has 0 radical (unpaired) electrons. The van der Waals surface area contributed by atoms with Crippen LogP contribution in [0.1, 0.15) is 33.5 Å². The molecule has 5 rings (SSSR count). The van der Waals surface area contributed by atoms with Crippen molar-refractivity contribution < 1.29 is 15.0 Å². The zero-order valence-corrected chi connectivity index (χ0v) is 16.3. The third kappa shape index (κ3) is 2.60. The number of carbonyl (C=O) groups excluding carboxylic acids is 1. The molecule has 2 N–H and O–H groups in total. The number of anilines is 1. The van der Waals surface area contributed by atoms with E-state index in [9.17, 15) is 15.0 Å². The number of rotatable bonds is 2. The van der Waals surface area contributed by atoms with Crippen LogP contribution >= 0.6 is 0 Å². The molecule has 1 aromatic heterocycles. The monoisotopic (exact) mass is 387 g/mol. The van der Waals surface area contributed by atoms with E-state index in [0.717, 1.165) is 33.3 Å². The predicted octanol–water partition coefficient (Wildman–Crippen LogP) is 3.21. The highest BCUT2D eigenvalue weighted by atomic mass is 16.3. The molecule has 1 fully saturated rings. The summed E-state index contributed by atoms with van der Waals surface area (Å²) in [6.45, 7) is 4.36. The van der Waals surface area contributed by atoms with Crippen LogP contribution in [0, 0.1) is 13.8 Å². The first-order chi connectivity index (χ1) is 13.9. The smallest absolute Gasteiger partial charge is 0.204 e. The van der Waals surface area contributed by atoms with Gasteiger partial charge in [0.1, 0.15) is 5.84 Å². The fraction of sp³-hybridized carbons (Fsp3) is 0.261. The first-order valence-electron chi connectivity index (χ1n) is 9.65. The molecule has 29 heavy (non-hydrogen) atoms. The topological polar surface area (TPSA) is 86.0 Å². The Labute approximate surface area is 168 Å². The van der Waals surface area contributed by atoms with E-state index in [1.54, 1.807) is 6.20 Å². The van der Waals surface area contributed by atoms with Crippen molar-refractivity contribution in [2.24, 2.45) is 4.99 Å². The summed E-state index contributed by atoms with van der Waals surface area (Å²) in [5.41, 5.74) is 3.95. The van der Waals surface area contributed by atoms with Gasteiger partial charge in [0.25, 0.3) is 0 Å². The molecule has 0 saturated carbocycles. The average Bonchev–Trinajstić information content (AvgIpc) is 3.07.